The molecular weight excluding hydrogens is 332 g/mol. The second-order valence-corrected chi connectivity index (χ2v) is 6.37. The molecule has 8 heteroatoms. The number of anilines is 2. The van der Waals surface area contributed by atoms with Gasteiger partial charge in [0.1, 0.15) is 12.6 Å². The molecule has 2 unspecified atom stereocenters. The highest BCUT2D eigenvalue weighted by molar-refractivity contribution is 5.84. The van der Waals surface area contributed by atoms with E-state index in [1.165, 1.54) is 11.9 Å². The lowest BCUT2D eigenvalue weighted by Crippen LogP contribution is -2.17. The first-order valence-electron chi connectivity index (χ1n) is 8.79. The van der Waals surface area contributed by atoms with Gasteiger partial charge in [0.25, 0.3) is 0 Å². The Morgan fingerprint density at radius 1 is 1.23 bits per heavy atom. The number of hydrogen-bond donors (Lipinski definition) is 3. The van der Waals surface area contributed by atoms with Crippen LogP contribution in [0.2, 0.25) is 0 Å². The first-order valence-corrected chi connectivity index (χ1v) is 8.79. The van der Waals surface area contributed by atoms with Crippen LogP contribution in [-0.2, 0) is 11.2 Å². The lowest BCUT2D eigenvalue weighted by atomic mass is 10.1. The normalized spacial score (nSPS) is 19.9. The molecule has 8 nitrogen and oxygen atoms in total. The summed E-state index contributed by atoms with van der Waals surface area (Å²) in [5.74, 6) is 1.00. The lowest BCUT2D eigenvalue weighted by molar-refractivity contribution is -0.0197. The summed E-state index contributed by atoms with van der Waals surface area (Å²) in [5, 5.41) is 12.7. The Labute approximate surface area is 151 Å². The predicted octanol–water partition coefficient (Wildman–Crippen LogP) is 1.73. The zero-order valence-corrected chi connectivity index (χ0v) is 14.4. The summed E-state index contributed by atoms with van der Waals surface area (Å²) >= 11 is 0. The first kappa shape index (κ1) is 16.7. The third kappa shape index (κ3) is 3.21. The third-order valence-electron chi connectivity index (χ3n) is 4.62. The van der Waals surface area contributed by atoms with Gasteiger partial charge in [0.15, 0.2) is 17.0 Å². The molecule has 4 N–H and O–H groups in total. The maximum atomic E-state index is 9.36. The first-order chi connectivity index (χ1) is 12.8. The summed E-state index contributed by atoms with van der Waals surface area (Å²) in [6.07, 6.45) is 3.50. The zero-order valence-electron chi connectivity index (χ0n) is 14.4. The Balaban J connectivity index is 1.60. The van der Waals surface area contributed by atoms with Crippen molar-refractivity contribution >= 4 is 22.9 Å². The molecule has 0 spiro atoms. The van der Waals surface area contributed by atoms with E-state index in [4.69, 9.17) is 10.5 Å². The van der Waals surface area contributed by atoms with Crippen LogP contribution in [0.3, 0.4) is 0 Å². The molecule has 0 aliphatic carbocycles. The molecule has 2 aromatic heterocycles. The smallest absolute Gasteiger partial charge is 0.207 e. The Morgan fingerprint density at radius 3 is 2.85 bits per heavy atom. The van der Waals surface area contributed by atoms with E-state index in [1.807, 2.05) is 22.8 Å². The van der Waals surface area contributed by atoms with Crippen molar-refractivity contribution in [2.24, 2.45) is 0 Å². The lowest BCUT2D eigenvalue weighted by Gasteiger charge is -2.17. The summed E-state index contributed by atoms with van der Waals surface area (Å²) < 4.78 is 7.86. The number of aliphatic hydroxyl groups excluding tert-OH is 1. The molecule has 26 heavy (non-hydrogen) atoms. The van der Waals surface area contributed by atoms with Crippen molar-refractivity contribution in [3.05, 3.63) is 42.2 Å². The molecule has 1 aromatic carbocycles. The fourth-order valence-corrected chi connectivity index (χ4v) is 3.30. The number of nitrogens with zero attached hydrogens (tertiary/aromatic N) is 4. The summed E-state index contributed by atoms with van der Waals surface area (Å²) in [6, 6.07) is 10.3. The molecular formula is C18H22N6O2. The molecule has 0 amide bonds. The summed E-state index contributed by atoms with van der Waals surface area (Å²) in [6.45, 7) is 0.730. The Morgan fingerprint density at radius 2 is 2.08 bits per heavy atom. The second kappa shape index (κ2) is 7.27. The van der Waals surface area contributed by atoms with Crippen molar-refractivity contribution in [3.63, 3.8) is 0 Å². The number of fused-ring (bicyclic) bond motifs is 1. The molecule has 0 radical (unpaired) electrons. The van der Waals surface area contributed by atoms with Crippen molar-refractivity contribution in [1.82, 2.24) is 19.5 Å². The number of imidazole rings is 1. The Kier molecular flexibility index (Phi) is 4.68. The molecule has 136 valence electrons. The number of nitrogens with one attached hydrogen (secondary N) is 1. The van der Waals surface area contributed by atoms with E-state index in [2.05, 4.69) is 32.4 Å². The topological polar surface area (TPSA) is 111 Å². The summed E-state index contributed by atoms with van der Waals surface area (Å²) in [5.41, 5.74) is 8.43. The van der Waals surface area contributed by atoms with Crippen molar-refractivity contribution in [2.75, 3.05) is 24.2 Å². The Hall–Kier alpha value is -2.71. The molecule has 1 aliphatic heterocycles. The molecule has 3 aromatic rings. The number of aliphatic hydroxyl groups is 1. The highest BCUT2D eigenvalue weighted by atomic mass is 16.5. The number of ether oxygens (including phenoxy) is 1. The number of benzene rings is 1. The van der Waals surface area contributed by atoms with Gasteiger partial charge in [-0.1, -0.05) is 30.3 Å². The van der Waals surface area contributed by atoms with Gasteiger partial charge in [-0.05, 0) is 24.8 Å². The van der Waals surface area contributed by atoms with Gasteiger partial charge in [0, 0.05) is 6.54 Å². The quantitative estimate of drug-likeness (QED) is 0.618. The van der Waals surface area contributed by atoms with E-state index < -0.39 is 0 Å². The monoisotopic (exact) mass is 354 g/mol. The SMILES string of the molecule is Nc1ncnc2c1nc(NCCc1ccccc1)n2C1CCC(CO)O1. The van der Waals surface area contributed by atoms with Crippen LogP contribution in [0.25, 0.3) is 11.2 Å². The summed E-state index contributed by atoms with van der Waals surface area (Å²) in [4.78, 5) is 13.0. The van der Waals surface area contributed by atoms with Gasteiger partial charge in [-0.3, -0.25) is 4.57 Å². The maximum absolute atomic E-state index is 9.36. The molecule has 1 saturated heterocycles. The molecule has 1 aliphatic rings. The number of nitrogens with two attached hydrogens (primary N) is 1. The van der Waals surface area contributed by atoms with E-state index in [0.29, 0.717) is 22.9 Å². The molecule has 4 rings (SSSR count). The van der Waals surface area contributed by atoms with Gasteiger partial charge in [0.2, 0.25) is 5.95 Å². The van der Waals surface area contributed by atoms with Crippen LogP contribution in [0.15, 0.2) is 36.7 Å². The molecule has 0 bridgehead atoms. The minimum Gasteiger partial charge on any atom is -0.394 e. The second-order valence-electron chi connectivity index (χ2n) is 6.37. The fraction of sp³-hybridized carbons (Fsp3) is 0.389. The minimum atomic E-state index is -0.231. The number of rotatable bonds is 6. The minimum absolute atomic E-state index is 0.0109. The van der Waals surface area contributed by atoms with E-state index in [-0.39, 0.29) is 18.9 Å². The van der Waals surface area contributed by atoms with Crippen molar-refractivity contribution in [3.8, 4) is 0 Å². The van der Waals surface area contributed by atoms with Gasteiger partial charge in [-0.15, -0.1) is 0 Å². The van der Waals surface area contributed by atoms with Gasteiger partial charge in [-0.2, -0.15) is 0 Å². The average molecular weight is 354 g/mol. The van der Waals surface area contributed by atoms with Gasteiger partial charge < -0.3 is 20.9 Å². The molecule has 1 fully saturated rings. The third-order valence-corrected chi connectivity index (χ3v) is 4.62. The molecule has 2 atom stereocenters. The van der Waals surface area contributed by atoms with Crippen molar-refractivity contribution in [2.45, 2.75) is 31.6 Å². The zero-order chi connectivity index (χ0) is 17.9. The van der Waals surface area contributed by atoms with Gasteiger partial charge in [0.05, 0.1) is 12.7 Å². The van der Waals surface area contributed by atoms with Crippen LogP contribution in [0, 0.1) is 0 Å². The van der Waals surface area contributed by atoms with Crippen LogP contribution in [0.1, 0.15) is 24.6 Å². The highest BCUT2D eigenvalue weighted by Crippen LogP contribution is 2.34. The fourth-order valence-electron chi connectivity index (χ4n) is 3.30. The molecule has 3 heterocycles. The van der Waals surface area contributed by atoms with Crippen LogP contribution >= 0.6 is 0 Å². The van der Waals surface area contributed by atoms with E-state index in [1.54, 1.807) is 0 Å². The predicted molar refractivity (Wildman–Crippen MR) is 98.6 cm³/mol. The molecule has 0 saturated carbocycles. The number of aromatic nitrogens is 4. The number of nitrogen functional groups attached to an aromatic ring is 1. The maximum Gasteiger partial charge on any atom is 0.207 e. The van der Waals surface area contributed by atoms with Crippen LogP contribution in [-0.4, -0.2) is 43.9 Å². The van der Waals surface area contributed by atoms with Crippen LogP contribution < -0.4 is 11.1 Å². The largest absolute Gasteiger partial charge is 0.394 e. The van der Waals surface area contributed by atoms with Crippen molar-refractivity contribution < 1.29 is 9.84 Å². The van der Waals surface area contributed by atoms with Gasteiger partial charge in [-0.25, -0.2) is 15.0 Å². The van der Waals surface area contributed by atoms with Crippen LogP contribution in [0.4, 0.5) is 11.8 Å². The van der Waals surface area contributed by atoms with Crippen molar-refractivity contribution in [1.29, 1.82) is 0 Å². The van der Waals surface area contributed by atoms with E-state index in [0.717, 1.165) is 25.8 Å². The standard InChI is InChI=1S/C18H22N6O2/c19-16-15-17(22-11-21-16)24(14-7-6-13(10-25)26-14)18(23-15)20-9-8-12-4-2-1-3-5-12/h1-5,11,13-14,25H,6-10H2,(H,20,23)(H2,19,21,22). The van der Waals surface area contributed by atoms with E-state index in [9.17, 15) is 5.11 Å². The Bertz CT molecular complexity index is 882. The van der Waals surface area contributed by atoms with Gasteiger partial charge >= 0.3 is 0 Å². The average Bonchev–Trinajstić information content (AvgIpc) is 3.27. The van der Waals surface area contributed by atoms with Crippen LogP contribution in [0.5, 0.6) is 0 Å². The number of hydrogen-bond acceptors (Lipinski definition) is 7. The summed E-state index contributed by atoms with van der Waals surface area (Å²) in [7, 11) is 0. The van der Waals surface area contributed by atoms with E-state index >= 15 is 0 Å². The highest BCUT2D eigenvalue weighted by Gasteiger charge is 2.30.